The Balaban J connectivity index is 1.38. The van der Waals surface area contributed by atoms with Gasteiger partial charge < -0.3 is 15.5 Å². The number of nitrogens with one attached hydrogen (secondary N) is 2. The number of fused-ring (bicyclic) bond motifs is 1. The van der Waals surface area contributed by atoms with Crippen molar-refractivity contribution in [3.8, 4) is 0 Å². The molecule has 0 saturated carbocycles. The number of carbonyl (C=O) groups excluding carboxylic acids is 2. The molecule has 3 aromatic carbocycles. The van der Waals surface area contributed by atoms with Crippen molar-refractivity contribution in [2.24, 2.45) is 0 Å². The summed E-state index contributed by atoms with van der Waals surface area (Å²) in [6.45, 7) is 1.77. The molecule has 0 aliphatic carbocycles. The van der Waals surface area contributed by atoms with E-state index in [1.165, 1.54) is 12.8 Å². The second-order valence-corrected chi connectivity index (χ2v) is 7.72. The minimum atomic E-state index is -0.151. The summed E-state index contributed by atoms with van der Waals surface area (Å²) in [4.78, 5) is 27.2. The molecule has 1 fully saturated rings. The number of likely N-dealkylation sites (tertiary alicyclic amines) is 1. The number of rotatable bonds is 5. The van der Waals surface area contributed by atoms with Gasteiger partial charge in [0.05, 0.1) is 6.54 Å². The molecule has 1 aliphatic heterocycles. The average molecular weight is 402 g/mol. The van der Waals surface area contributed by atoms with E-state index in [0.29, 0.717) is 11.3 Å². The predicted molar refractivity (Wildman–Crippen MR) is 122 cm³/mol. The molecular formula is C25H27N3O2. The molecule has 2 N–H and O–H groups in total. The van der Waals surface area contributed by atoms with Gasteiger partial charge in [-0.2, -0.15) is 0 Å². The normalized spacial score (nSPS) is 14.2. The van der Waals surface area contributed by atoms with Crippen LogP contribution in [0.1, 0.15) is 36.0 Å². The zero-order valence-electron chi connectivity index (χ0n) is 17.1. The van der Waals surface area contributed by atoms with Gasteiger partial charge in [-0.3, -0.25) is 9.59 Å². The Labute approximate surface area is 177 Å². The number of hydrogen-bond acceptors (Lipinski definition) is 3. The van der Waals surface area contributed by atoms with E-state index in [9.17, 15) is 9.59 Å². The number of amides is 2. The minimum absolute atomic E-state index is 0.0434. The lowest BCUT2D eigenvalue weighted by Gasteiger charge is -2.20. The van der Waals surface area contributed by atoms with Crippen molar-refractivity contribution >= 4 is 34.0 Å². The van der Waals surface area contributed by atoms with Crippen molar-refractivity contribution in [1.29, 1.82) is 0 Å². The Morgan fingerprint density at radius 3 is 2.40 bits per heavy atom. The Hall–Kier alpha value is -3.34. The molecule has 4 rings (SSSR count). The number of anilines is 2. The fourth-order valence-electron chi connectivity index (χ4n) is 3.95. The smallest absolute Gasteiger partial charge is 0.253 e. The second kappa shape index (κ2) is 9.44. The summed E-state index contributed by atoms with van der Waals surface area (Å²) >= 11 is 0. The van der Waals surface area contributed by atoms with Crippen LogP contribution in [0.15, 0.2) is 66.7 Å². The van der Waals surface area contributed by atoms with Crippen molar-refractivity contribution < 1.29 is 9.59 Å². The van der Waals surface area contributed by atoms with Crippen LogP contribution in [0.2, 0.25) is 0 Å². The zero-order chi connectivity index (χ0) is 20.8. The molecule has 2 amide bonds. The van der Waals surface area contributed by atoms with Crippen molar-refractivity contribution in [2.45, 2.75) is 25.7 Å². The fraction of sp³-hybridized carbons (Fsp3) is 0.280. The van der Waals surface area contributed by atoms with Crippen molar-refractivity contribution in [2.75, 3.05) is 30.3 Å². The molecule has 0 bridgehead atoms. The van der Waals surface area contributed by atoms with E-state index in [0.717, 1.165) is 42.4 Å². The van der Waals surface area contributed by atoms with Crippen LogP contribution in [0.25, 0.3) is 10.8 Å². The van der Waals surface area contributed by atoms with Gasteiger partial charge in [-0.15, -0.1) is 0 Å². The summed E-state index contributed by atoms with van der Waals surface area (Å²) in [6.07, 6.45) is 4.48. The van der Waals surface area contributed by atoms with Crippen LogP contribution in [0, 0.1) is 0 Å². The summed E-state index contributed by atoms with van der Waals surface area (Å²) in [5, 5.41) is 8.32. The molecule has 3 aromatic rings. The van der Waals surface area contributed by atoms with Gasteiger partial charge in [-0.05, 0) is 42.5 Å². The molecular weight excluding hydrogens is 374 g/mol. The summed E-state index contributed by atoms with van der Waals surface area (Å²) in [7, 11) is 0. The number of hydrogen-bond donors (Lipinski definition) is 2. The van der Waals surface area contributed by atoms with E-state index in [-0.39, 0.29) is 18.4 Å². The molecule has 1 aliphatic rings. The standard InChI is InChI=1S/C25H27N3O2/c29-24(18-26-23-14-8-10-19-9-3-4-13-22(19)23)27-21-12-7-11-20(17-21)25(30)28-15-5-1-2-6-16-28/h3-4,7-14,17,26H,1-2,5-6,15-16,18H2,(H,27,29). The van der Waals surface area contributed by atoms with Crippen LogP contribution in [-0.4, -0.2) is 36.3 Å². The predicted octanol–water partition coefficient (Wildman–Crippen LogP) is 4.91. The third-order valence-corrected chi connectivity index (χ3v) is 5.52. The third-order valence-electron chi connectivity index (χ3n) is 5.52. The molecule has 0 spiro atoms. The van der Waals surface area contributed by atoms with Crippen molar-refractivity contribution in [1.82, 2.24) is 4.90 Å². The zero-order valence-corrected chi connectivity index (χ0v) is 17.1. The number of nitrogens with zero attached hydrogens (tertiary/aromatic N) is 1. The van der Waals surface area contributed by atoms with Gasteiger partial charge in [-0.1, -0.05) is 55.3 Å². The molecule has 0 atom stereocenters. The lowest BCUT2D eigenvalue weighted by Crippen LogP contribution is -2.31. The molecule has 1 saturated heterocycles. The van der Waals surface area contributed by atoms with E-state index in [1.807, 2.05) is 65.6 Å². The maximum atomic E-state index is 12.8. The number of benzene rings is 3. The van der Waals surface area contributed by atoms with Gasteiger partial charge in [0.15, 0.2) is 0 Å². The Bertz CT molecular complexity index is 1030. The molecule has 0 aromatic heterocycles. The fourth-order valence-corrected chi connectivity index (χ4v) is 3.95. The first-order valence-corrected chi connectivity index (χ1v) is 10.6. The second-order valence-electron chi connectivity index (χ2n) is 7.72. The maximum absolute atomic E-state index is 12.8. The van der Waals surface area contributed by atoms with Gasteiger partial charge in [0, 0.05) is 35.4 Å². The Morgan fingerprint density at radius 2 is 1.57 bits per heavy atom. The van der Waals surface area contributed by atoms with E-state index >= 15 is 0 Å². The summed E-state index contributed by atoms with van der Waals surface area (Å²) < 4.78 is 0. The first-order valence-electron chi connectivity index (χ1n) is 10.6. The number of carbonyl (C=O) groups is 2. The van der Waals surface area contributed by atoms with E-state index in [4.69, 9.17) is 0 Å². The Kier molecular flexibility index (Phi) is 6.28. The largest absolute Gasteiger partial charge is 0.376 e. The van der Waals surface area contributed by atoms with Crippen LogP contribution in [0.5, 0.6) is 0 Å². The lowest BCUT2D eigenvalue weighted by molar-refractivity contribution is -0.114. The average Bonchev–Trinajstić information content (AvgIpc) is 3.07. The highest BCUT2D eigenvalue weighted by atomic mass is 16.2. The van der Waals surface area contributed by atoms with Crippen LogP contribution in [-0.2, 0) is 4.79 Å². The topological polar surface area (TPSA) is 61.4 Å². The van der Waals surface area contributed by atoms with Crippen LogP contribution >= 0.6 is 0 Å². The van der Waals surface area contributed by atoms with Crippen LogP contribution in [0.4, 0.5) is 11.4 Å². The van der Waals surface area contributed by atoms with Gasteiger partial charge in [0.25, 0.3) is 5.91 Å². The summed E-state index contributed by atoms with van der Waals surface area (Å²) in [6, 6.07) is 21.3. The molecule has 5 heteroatoms. The van der Waals surface area contributed by atoms with E-state index in [1.54, 1.807) is 6.07 Å². The highest BCUT2D eigenvalue weighted by Crippen LogP contribution is 2.23. The molecule has 154 valence electrons. The monoisotopic (exact) mass is 401 g/mol. The SMILES string of the molecule is O=C(CNc1cccc2ccccc12)Nc1cccc(C(=O)N2CCCCCC2)c1. The Morgan fingerprint density at radius 1 is 0.833 bits per heavy atom. The van der Waals surface area contributed by atoms with E-state index in [2.05, 4.69) is 10.6 Å². The quantitative estimate of drug-likeness (QED) is 0.639. The van der Waals surface area contributed by atoms with Gasteiger partial charge in [0.2, 0.25) is 5.91 Å². The lowest BCUT2D eigenvalue weighted by atomic mass is 10.1. The maximum Gasteiger partial charge on any atom is 0.253 e. The van der Waals surface area contributed by atoms with Gasteiger partial charge in [-0.25, -0.2) is 0 Å². The van der Waals surface area contributed by atoms with Crippen LogP contribution < -0.4 is 10.6 Å². The minimum Gasteiger partial charge on any atom is -0.376 e. The summed E-state index contributed by atoms with van der Waals surface area (Å²) in [5.74, 6) is -0.107. The highest BCUT2D eigenvalue weighted by Gasteiger charge is 2.17. The van der Waals surface area contributed by atoms with Crippen molar-refractivity contribution in [3.05, 3.63) is 72.3 Å². The molecule has 0 radical (unpaired) electrons. The third kappa shape index (κ3) is 4.79. The molecule has 30 heavy (non-hydrogen) atoms. The first-order chi connectivity index (χ1) is 14.7. The summed E-state index contributed by atoms with van der Waals surface area (Å²) in [5.41, 5.74) is 2.19. The van der Waals surface area contributed by atoms with Gasteiger partial charge in [0.1, 0.15) is 0 Å². The first kappa shape index (κ1) is 20.0. The van der Waals surface area contributed by atoms with Crippen molar-refractivity contribution in [3.63, 3.8) is 0 Å². The highest BCUT2D eigenvalue weighted by molar-refractivity contribution is 5.99. The molecule has 1 heterocycles. The van der Waals surface area contributed by atoms with Gasteiger partial charge >= 0.3 is 0 Å². The molecule has 5 nitrogen and oxygen atoms in total. The van der Waals surface area contributed by atoms with Crippen LogP contribution in [0.3, 0.4) is 0 Å². The van der Waals surface area contributed by atoms with E-state index < -0.39 is 0 Å². The molecule has 0 unspecified atom stereocenters.